The quantitative estimate of drug-likeness (QED) is 0.652. The molecule has 2 amide bonds. The van der Waals surface area contributed by atoms with Crippen molar-refractivity contribution in [3.8, 4) is 5.75 Å². The van der Waals surface area contributed by atoms with E-state index in [9.17, 15) is 9.59 Å². The third-order valence-corrected chi connectivity index (χ3v) is 5.60. The summed E-state index contributed by atoms with van der Waals surface area (Å²) in [6.45, 7) is 1.93. The maximum absolute atomic E-state index is 13.1. The Balaban J connectivity index is 1.81. The zero-order valence-electron chi connectivity index (χ0n) is 17.3. The molecule has 0 aliphatic carbocycles. The average Bonchev–Trinajstić information content (AvgIpc) is 3.22. The highest BCUT2D eigenvalue weighted by molar-refractivity contribution is 6.30. The maximum Gasteiger partial charge on any atom is 0.253 e. The first-order chi connectivity index (χ1) is 14.5. The molecule has 1 N–H and O–H groups in total. The van der Waals surface area contributed by atoms with Gasteiger partial charge in [-0.2, -0.15) is 0 Å². The van der Waals surface area contributed by atoms with Gasteiger partial charge in [-0.15, -0.1) is 0 Å². The number of methoxy groups -OCH3 is 2. The highest BCUT2D eigenvalue weighted by Gasteiger charge is 2.40. The summed E-state index contributed by atoms with van der Waals surface area (Å²) in [6, 6.07) is 14.6. The molecule has 2 unspecified atom stereocenters. The maximum atomic E-state index is 13.1. The van der Waals surface area contributed by atoms with Gasteiger partial charge in [-0.1, -0.05) is 29.8 Å². The van der Waals surface area contributed by atoms with Gasteiger partial charge in [0.15, 0.2) is 0 Å². The molecule has 160 valence electrons. The van der Waals surface area contributed by atoms with Crippen LogP contribution in [-0.2, 0) is 9.53 Å². The van der Waals surface area contributed by atoms with E-state index in [0.29, 0.717) is 36.8 Å². The lowest BCUT2D eigenvalue weighted by molar-refractivity contribution is -0.124. The molecule has 0 spiro atoms. The molecule has 1 saturated heterocycles. The van der Waals surface area contributed by atoms with Gasteiger partial charge in [0, 0.05) is 49.9 Å². The Morgan fingerprint density at radius 2 is 1.93 bits per heavy atom. The highest BCUT2D eigenvalue weighted by atomic mass is 35.5. The van der Waals surface area contributed by atoms with E-state index in [2.05, 4.69) is 5.32 Å². The van der Waals surface area contributed by atoms with Crippen LogP contribution < -0.4 is 10.1 Å². The minimum absolute atomic E-state index is 0.0553. The number of rotatable bonds is 8. The number of halogens is 1. The van der Waals surface area contributed by atoms with Crippen LogP contribution in [0.15, 0.2) is 48.5 Å². The summed E-state index contributed by atoms with van der Waals surface area (Å²) in [6.07, 6.45) is 0.740. The average molecular weight is 431 g/mol. The van der Waals surface area contributed by atoms with E-state index in [-0.39, 0.29) is 23.7 Å². The molecular formula is C23H27ClN2O4. The summed E-state index contributed by atoms with van der Waals surface area (Å²) in [4.78, 5) is 27.8. The first-order valence-corrected chi connectivity index (χ1v) is 10.4. The second kappa shape index (κ2) is 10.5. The fourth-order valence-electron chi connectivity index (χ4n) is 3.81. The van der Waals surface area contributed by atoms with Crippen LogP contribution in [0.3, 0.4) is 0 Å². The smallest absolute Gasteiger partial charge is 0.253 e. The Morgan fingerprint density at radius 1 is 1.13 bits per heavy atom. The summed E-state index contributed by atoms with van der Waals surface area (Å²) in [5.74, 6) is 0.0835. The number of carbonyl (C=O) groups excluding carboxylic acids is 2. The van der Waals surface area contributed by atoms with Gasteiger partial charge in [0.1, 0.15) is 5.75 Å². The molecule has 7 heteroatoms. The van der Waals surface area contributed by atoms with Crippen LogP contribution in [0, 0.1) is 5.92 Å². The predicted molar refractivity (Wildman–Crippen MR) is 116 cm³/mol. The molecule has 0 saturated carbocycles. The van der Waals surface area contributed by atoms with Crippen molar-refractivity contribution in [2.75, 3.05) is 40.5 Å². The van der Waals surface area contributed by atoms with E-state index in [1.54, 1.807) is 43.4 Å². The van der Waals surface area contributed by atoms with E-state index < -0.39 is 0 Å². The number of ether oxygens (including phenoxy) is 2. The standard InChI is InChI=1S/C23H27ClN2O4/c1-29-11-5-10-25-22(27)21-15-26(23(28)17-7-3-8-18(24)12-17)14-20(21)16-6-4-9-19(13-16)30-2/h3-4,6-9,12-13,20-21H,5,10-11,14-15H2,1-2H3,(H,25,27). The van der Waals surface area contributed by atoms with Gasteiger partial charge in [-0.25, -0.2) is 0 Å². The normalized spacial score (nSPS) is 18.3. The van der Waals surface area contributed by atoms with Crippen LogP contribution in [0.1, 0.15) is 28.3 Å². The largest absolute Gasteiger partial charge is 0.497 e. The van der Waals surface area contributed by atoms with Crippen LogP contribution >= 0.6 is 11.6 Å². The van der Waals surface area contributed by atoms with Crippen molar-refractivity contribution in [1.29, 1.82) is 0 Å². The molecule has 1 aliphatic heterocycles. The number of hydrogen-bond acceptors (Lipinski definition) is 4. The summed E-state index contributed by atoms with van der Waals surface area (Å²) >= 11 is 6.06. The summed E-state index contributed by atoms with van der Waals surface area (Å²) in [5.41, 5.74) is 1.50. The highest BCUT2D eigenvalue weighted by Crippen LogP contribution is 2.35. The summed E-state index contributed by atoms with van der Waals surface area (Å²) in [5, 5.41) is 3.50. The fraction of sp³-hybridized carbons (Fsp3) is 0.391. The molecule has 2 aromatic rings. The van der Waals surface area contributed by atoms with Crippen molar-refractivity contribution in [2.24, 2.45) is 5.92 Å². The van der Waals surface area contributed by atoms with Crippen molar-refractivity contribution in [1.82, 2.24) is 10.2 Å². The van der Waals surface area contributed by atoms with E-state index in [0.717, 1.165) is 17.7 Å². The third-order valence-electron chi connectivity index (χ3n) is 5.36. The van der Waals surface area contributed by atoms with E-state index in [4.69, 9.17) is 21.1 Å². The molecule has 0 radical (unpaired) electrons. The van der Waals surface area contributed by atoms with Gasteiger partial charge in [0.2, 0.25) is 5.91 Å². The molecule has 1 heterocycles. The Morgan fingerprint density at radius 3 is 2.67 bits per heavy atom. The van der Waals surface area contributed by atoms with Gasteiger partial charge in [0.05, 0.1) is 13.0 Å². The molecule has 3 rings (SSSR count). The van der Waals surface area contributed by atoms with Crippen LogP contribution in [-0.4, -0.2) is 57.2 Å². The van der Waals surface area contributed by atoms with Gasteiger partial charge >= 0.3 is 0 Å². The Labute approximate surface area is 182 Å². The number of nitrogens with zero attached hydrogens (tertiary/aromatic N) is 1. The first kappa shape index (κ1) is 22.1. The van der Waals surface area contributed by atoms with Crippen molar-refractivity contribution < 1.29 is 19.1 Å². The SMILES string of the molecule is COCCCNC(=O)C1CN(C(=O)c2cccc(Cl)c2)CC1c1cccc(OC)c1. The predicted octanol–water partition coefficient (Wildman–Crippen LogP) is 3.36. The Hall–Kier alpha value is -2.57. The minimum Gasteiger partial charge on any atom is -0.497 e. The number of nitrogens with one attached hydrogen (secondary N) is 1. The van der Waals surface area contributed by atoms with Gasteiger partial charge in [0.25, 0.3) is 5.91 Å². The first-order valence-electron chi connectivity index (χ1n) is 9.99. The number of amides is 2. The van der Waals surface area contributed by atoms with E-state index >= 15 is 0 Å². The van der Waals surface area contributed by atoms with Crippen LogP contribution in [0.5, 0.6) is 5.75 Å². The molecule has 1 aliphatic rings. The molecule has 30 heavy (non-hydrogen) atoms. The zero-order chi connectivity index (χ0) is 21.5. The zero-order valence-corrected chi connectivity index (χ0v) is 18.0. The second-order valence-electron chi connectivity index (χ2n) is 7.35. The fourth-order valence-corrected chi connectivity index (χ4v) is 4.00. The van der Waals surface area contributed by atoms with Gasteiger partial charge in [-0.05, 0) is 42.3 Å². The number of likely N-dealkylation sites (tertiary alicyclic amines) is 1. The lowest BCUT2D eigenvalue weighted by Gasteiger charge is -2.18. The van der Waals surface area contributed by atoms with E-state index in [1.807, 2.05) is 24.3 Å². The molecule has 0 aromatic heterocycles. The summed E-state index contributed by atoms with van der Waals surface area (Å²) < 4.78 is 10.4. The third kappa shape index (κ3) is 5.32. The minimum atomic E-state index is -0.345. The number of hydrogen-bond donors (Lipinski definition) is 1. The van der Waals surface area contributed by atoms with Crippen molar-refractivity contribution >= 4 is 23.4 Å². The molecule has 1 fully saturated rings. The monoisotopic (exact) mass is 430 g/mol. The number of carbonyl (C=O) groups is 2. The van der Waals surface area contributed by atoms with Gasteiger partial charge in [-0.3, -0.25) is 9.59 Å². The van der Waals surface area contributed by atoms with Crippen molar-refractivity contribution in [3.63, 3.8) is 0 Å². The Kier molecular flexibility index (Phi) is 7.71. The molecular weight excluding hydrogens is 404 g/mol. The van der Waals surface area contributed by atoms with Crippen LogP contribution in [0.4, 0.5) is 0 Å². The van der Waals surface area contributed by atoms with Crippen LogP contribution in [0.25, 0.3) is 0 Å². The van der Waals surface area contributed by atoms with Gasteiger partial charge < -0.3 is 19.7 Å². The Bertz CT molecular complexity index is 889. The second-order valence-corrected chi connectivity index (χ2v) is 7.78. The van der Waals surface area contributed by atoms with Crippen molar-refractivity contribution in [2.45, 2.75) is 12.3 Å². The lowest BCUT2D eigenvalue weighted by atomic mass is 9.88. The molecule has 2 aromatic carbocycles. The van der Waals surface area contributed by atoms with Crippen LogP contribution in [0.2, 0.25) is 5.02 Å². The lowest BCUT2D eigenvalue weighted by Crippen LogP contribution is -2.36. The van der Waals surface area contributed by atoms with E-state index in [1.165, 1.54) is 0 Å². The topological polar surface area (TPSA) is 67.9 Å². The number of benzene rings is 2. The molecule has 2 atom stereocenters. The molecule has 0 bridgehead atoms. The summed E-state index contributed by atoms with van der Waals surface area (Å²) in [7, 11) is 3.25. The van der Waals surface area contributed by atoms with Crippen molar-refractivity contribution in [3.05, 3.63) is 64.7 Å². The molecule has 6 nitrogen and oxygen atoms in total.